The first-order valence-corrected chi connectivity index (χ1v) is 10.1. The zero-order valence-electron chi connectivity index (χ0n) is 12.9. The maximum atomic E-state index is 12.3. The van der Waals surface area contributed by atoms with E-state index in [9.17, 15) is 13.2 Å². The van der Waals surface area contributed by atoms with E-state index in [0.717, 1.165) is 38.4 Å². The number of nitrogens with one attached hydrogen (secondary N) is 1. The lowest BCUT2D eigenvalue weighted by molar-refractivity contribution is -0.116. The van der Waals surface area contributed by atoms with E-state index in [0.29, 0.717) is 15.7 Å². The summed E-state index contributed by atoms with van der Waals surface area (Å²) in [5.41, 5.74) is 0.304. The molecule has 0 aromatic heterocycles. The molecule has 1 aliphatic carbocycles. The fourth-order valence-electron chi connectivity index (χ4n) is 2.82. The van der Waals surface area contributed by atoms with Gasteiger partial charge in [0.05, 0.1) is 28.5 Å². The smallest absolute Gasteiger partial charge is 0.239 e. The van der Waals surface area contributed by atoms with Gasteiger partial charge < -0.3 is 5.32 Å². The maximum Gasteiger partial charge on any atom is 0.239 e. The van der Waals surface area contributed by atoms with Gasteiger partial charge in [0.1, 0.15) is 0 Å². The Balaban J connectivity index is 2.11. The molecule has 0 aliphatic heterocycles. The molecule has 0 unspecified atom stereocenters. The van der Waals surface area contributed by atoms with Crippen LogP contribution in [0.25, 0.3) is 0 Å². The van der Waals surface area contributed by atoms with Crippen molar-refractivity contribution in [2.45, 2.75) is 38.1 Å². The van der Waals surface area contributed by atoms with Gasteiger partial charge in [-0.15, -0.1) is 0 Å². The Bertz CT molecular complexity index is 653. The van der Waals surface area contributed by atoms with Gasteiger partial charge in [-0.3, -0.25) is 4.79 Å². The van der Waals surface area contributed by atoms with Crippen LogP contribution in [0, 0.1) is 0 Å². The molecular weight excluding hydrogens is 359 g/mol. The number of anilines is 1. The monoisotopic (exact) mass is 378 g/mol. The largest absolute Gasteiger partial charge is 0.322 e. The van der Waals surface area contributed by atoms with E-state index in [-0.39, 0.29) is 12.6 Å². The Morgan fingerprint density at radius 2 is 1.78 bits per heavy atom. The first-order chi connectivity index (χ1) is 10.8. The van der Waals surface area contributed by atoms with Crippen molar-refractivity contribution in [1.82, 2.24) is 4.31 Å². The van der Waals surface area contributed by atoms with Crippen LogP contribution in [-0.4, -0.2) is 37.5 Å². The van der Waals surface area contributed by atoms with Crippen LogP contribution in [0.4, 0.5) is 5.69 Å². The molecule has 0 bridgehead atoms. The summed E-state index contributed by atoms with van der Waals surface area (Å²) in [6.07, 6.45) is 5.77. The topological polar surface area (TPSA) is 66.5 Å². The minimum Gasteiger partial charge on any atom is -0.322 e. The molecule has 0 spiro atoms. The number of hydrogen-bond acceptors (Lipinski definition) is 3. The molecule has 23 heavy (non-hydrogen) atoms. The van der Waals surface area contributed by atoms with Crippen molar-refractivity contribution in [2.75, 3.05) is 18.1 Å². The number of nitrogens with zero attached hydrogens (tertiary/aromatic N) is 1. The van der Waals surface area contributed by atoms with Crippen LogP contribution in [0.3, 0.4) is 0 Å². The summed E-state index contributed by atoms with van der Waals surface area (Å²) in [6.45, 7) is -0.231. The quantitative estimate of drug-likeness (QED) is 0.851. The predicted molar refractivity (Wildman–Crippen MR) is 93.5 cm³/mol. The van der Waals surface area contributed by atoms with Crippen molar-refractivity contribution >= 4 is 44.8 Å². The molecule has 128 valence electrons. The summed E-state index contributed by atoms with van der Waals surface area (Å²) in [5, 5.41) is 3.24. The van der Waals surface area contributed by atoms with Crippen molar-refractivity contribution in [3.63, 3.8) is 0 Å². The molecule has 1 saturated carbocycles. The van der Waals surface area contributed by atoms with E-state index in [1.807, 2.05) is 0 Å². The highest BCUT2D eigenvalue weighted by atomic mass is 35.5. The molecule has 0 saturated heterocycles. The number of rotatable bonds is 5. The van der Waals surface area contributed by atoms with Crippen LogP contribution in [0.15, 0.2) is 18.2 Å². The van der Waals surface area contributed by atoms with Crippen molar-refractivity contribution in [2.24, 2.45) is 0 Å². The SMILES string of the molecule is CS(=O)(=O)N(CC(=O)Nc1c(Cl)cccc1Cl)C1CCCCC1. The lowest BCUT2D eigenvalue weighted by atomic mass is 9.95. The maximum absolute atomic E-state index is 12.3. The summed E-state index contributed by atoms with van der Waals surface area (Å²) in [5.74, 6) is -0.448. The molecule has 1 aromatic rings. The molecule has 1 amide bonds. The third-order valence-electron chi connectivity index (χ3n) is 3.93. The Labute approximate surface area is 147 Å². The number of benzene rings is 1. The molecule has 0 heterocycles. The summed E-state index contributed by atoms with van der Waals surface area (Å²) >= 11 is 12.0. The second-order valence-corrected chi connectivity index (χ2v) is 8.49. The van der Waals surface area contributed by atoms with Crippen molar-refractivity contribution in [1.29, 1.82) is 0 Å². The molecule has 1 aliphatic rings. The van der Waals surface area contributed by atoms with Gasteiger partial charge in [0.2, 0.25) is 15.9 Å². The standard InChI is InChI=1S/C15H20Cl2N2O3S/c1-23(21,22)19(11-6-3-2-4-7-11)10-14(20)18-15-12(16)8-5-9-13(15)17/h5,8-9,11H,2-4,6-7,10H2,1H3,(H,18,20). The molecule has 1 aromatic carbocycles. The Morgan fingerprint density at radius 3 is 2.30 bits per heavy atom. The predicted octanol–water partition coefficient (Wildman–Crippen LogP) is 3.53. The van der Waals surface area contributed by atoms with Crippen molar-refractivity contribution in [3.05, 3.63) is 28.2 Å². The number of hydrogen-bond donors (Lipinski definition) is 1. The normalized spacial score (nSPS) is 16.5. The highest BCUT2D eigenvalue weighted by Crippen LogP contribution is 2.30. The fraction of sp³-hybridized carbons (Fsp3) is 0.533. The lowest BCUT2D eigenvalue weighted by Gasteiger charge is -2.31. The molecule has 0 radical (unpaired) electrons. The van der Waals surface area contributed by atoms with Crippen molar-refractivity contribution in [3.8, 4) is 0 Å². The van der Waals surface area contributed by atoms with Crippen LogP contribution in [0.5, 0.6) is 0 Å². The van der Waals surface area contributed by atoms with E-state index in [4.69, 9.17) is 23.2 Å². The van der Waals surface area contributed by atoms with Crippen molar-refractivity contribution < 1.29 is 13.2 Å². The number of para-hydroxylation sites is 1. The lowest BCUT2D eigenvalue weighted by Crippen LogP contribution is -2.45. The second-order valence-electron chi connectivity index (χ2n) is 5.74. The molecular formula is C15H20Cl2N2O3S. The Kier molecular flexibility index (Phi) is 6.31. The number of sulfonamides is 1. The molecule has 2 rings (SSSR count). The van der Waals surface area contributed by atoms with Gasteiger partial charge in [0.15, 0.2) is 0 Å². The van der Waals surface area contributed by atoms with Crippen LogP contribution in [0.1, 0.15) is 32.1 Å². The van der Waals surface area contributed by atoms with E-state index in [1.54, 1.807) is 18.2 Å². The van der Waals surface area contributed by atoms with Gasteiger partial charge >= 0.3 is 0 Å². The summed E-state index contributed by atoms with van der Waals surface area (Å²) in [4.78, 5) is 12.3. The summed E-state index contributed by atoms with van der Waals surface area (Å²) in [7, 11) is -3.47. The molecule has 8 heteroatoms. The van der Waals surface area contributed by atoms with E-state index >= 15 is 0 Å². The number of amides is 1. The minimum absolute atomic E-state index is 0.119. The van der Waals surface area contributed by atoms with E-state index in [2.05, 4.69) is 5.32 Å². The molecule has 0 atom stereocenters. The zero-order chi connectivity index (χ0) is 17.0. The third-order valence-corrected chi connectivity index (χ3v) is 5.84. The highest BCUT2D eigenvalue weighted by molar-refractivity contribution is 7.88. The first-order valence-electron chi connectivity index (χ1n) is 7.49. The Hall–Kier alpha value is -0.820. The third kappa shape index (κ3) is 5.08. The van der Waals surface area contributed by atoms with Gasteiger partial charge in [0.25, 0.3) is 0 Å². The van der Waals surface area contributed by atoms with Gasteiger partial charge in [-0.1, -0.05) is 48.5 Å². The average Bonchev–Trinajstić information content (AvgIpc) is 2.48. The van der Waals surface area contributed by atoms with E-state index < -0.39 is 15.9 Å². The van der Waals surface area contributed by atoms with Crippen LogP contribution < -0.4 is 5.32 Å². The minimum atomic E-state index is -3.47. The molecule has 1 fully saturated rings. The van der Waals surface area contributed by atoms with Crippen LogP contribution >= 0.6 is 23.2 Å². The number of carbonyl (C=O) groups excluding carboxylic acids is 1. The second kappa shape index (κ2) is 7.83. The van der Waals surface area contributed by atoms with Gasteiger partial charge in [-0.25, -0.2) is 8.42 Å². The van der Waals surface area contributed by atoms with E-state index in [1.165, 1.54) is 4.31 Å². The molecule has 1 N–H and O–H groups in total. The fourth-order valence-corrected chi connectivity index (χ4v) is 4.42. The Morgan fingerprint density at radius 1 is 1.22 bits per heavy atom. The zero-order valence-corrected chi connectivity index (χ0v) is 15.2. The number of halogens is 2. The van der Waals surface area contributed by atoms with Gasteiger partial charge in [-0.2, -0.15) is 4.31 Å². The molecule has 5 nitrogen and oxygen atoms in total. The highest BCUT2D eigenvalue weighted by Gasteiger charge is 2.30. The summed E-state index contributed by atoms with van der Waals surface area (Å²) < 4.78 is 25.4. The summed E-state index contributed by atoms with van der Waals surface area (Å²) in [6, 6.07) is 4.77. The van der Waals surface area contributed by atoms with Crippen LogP contribution in [0.2, 0.25) is 10.0 Å². The van der Waals surface area contributed by atoms with Gasteiger partial charge in [0, 0.05) is 6.04 Å². The first kappa shape index (κ1) is 18.5. The van der Waals surface area contributed by atoms with Gasteiger partial charge in [-0.05, 0) is 25.0 Å². The average molecular weight is 379 g/mol. The number of carbonyl (C=O) groups is 1. The van der Waals surface area contributed by atoms with Crippen LogP contribution in [-0.2, 0) is 14.8 Å².